The highest BCUT2D eigenvalue weighted by Crippen LogP contribution is 2.27. The maximum atomic E-state index is 6.23. The van der Waals surface area contributed by atoms with Crippen molar-refractivity contribution in [2.24, 2.45) is 0 Å². The van der Waals surface area contributed by atoms with Crippen LogP contribution < -0.4 is 10.1 Å². The molecule has 100 valence electrons. The molecule has 0 spiro atoms. The number of ether oxygens (including phenoxy) is 1. The summed E-state index contributed by atoms with van der Waals surface area (Å²) in [6.07, 6.45) is 5.23. The molecular weight excluding hydrogens is 222 g/mol. The molecule has 2 heteroatoms. The number of hydrogen-bond donors (Lipinski definition) is 1. The van der Waals surface area contributed by atoms with Gasteiger partial charge in [-0.05, 0) is 63.3 Å². The fourth-order valence-corrected chi connectivity index (χ4v) is 2.63. The molecule has 2 unspecified atom stereocenters. The van der Waals surface area contributed by atoms with Crippen molar-refractivity contribution >= 4 is 0 Å². The van der Waals surface area contributed by atoms with Crippen LogP contribution in [0.25, 0.3) is 0 Å². The standard InChI is InChI=1S/C16H25NO/c1-4-10-17-14-6-5-7-15(14)18-16-11-12(2)8-9-13(16)3/h8-9,11,14-15,17H,4-7,10H2,1-3H3. The van der Waals surface area contributed by atoms with Crippen molar-refractivity contribution in [1.29, 1.82) is 0 Å². The van der Waals surface area contributed by atoms with Gasteiger partial charge in [0.25, 0.3) is 0 Å². The molecule has 1 saturated carbocycles. The minimum Gasteiger partial charge on any atom is -0.489 e. The molecule has 1 aliphatic carbocycles. The monoisotopic (exact) mass is 247 g/mol. The van der Waals surface area contributed by atoms with Gasteiger partial charge in [0, 0.05) is 6.04 Å². The van der Waals surface area contributed by atoms with E-state index in [1.807, 2.05) is 0 Å². The summed E-state index contributed by atoms with van der Waals surface area (Å²) in [5.41, 5.74) is 2.51. The van der Waals surface area contributed by atoms with Crippen LogP contribution in [-0.2, 0) is 0 Å². The van der Waals surface area contributed by atoms with Gasteiger partial charge in [-0.2, -0.15) is 0 Å². The lowest BCUT2D eigenvalue weighted by molar-refractivity contribution is 0.173. The second-order valence-corrected chi connectivity index (χ2v) is 5.42. The minimum absolute atomic E-state index is 0.344. The van der Waals surface area contributed by atoms with Crippen molar-refractivity contribution < 1.29 is 4.74 Å². The van der Waals surface area contributed by atoms with Crippen molar-refractivity contribution in [3.05, 3.63) is 29.3 Å². The first-order valence-electron chi connectivity index (χ1n) is 7.18. The summed E-state index contributed by atoms with van der Waals surface area (Å²) in [6, 6.07) is 6.98. The fourth-order valence-electron chi connectivity index (χ4n) is 2.63. The van der Waals surface area contributed by atoms with E-state index in [9.17, 15) is 0 Å². The van der Waals surface area contributed by atoms with E-state index in [-0.39, 0.29) is 0 Å². The predicted octanol–water partition coefficient (Wildman–Crippen LogP) is 3.60. The Morgan fingerprint density at radius 3 is 2.89 bits per heavy atom. The first-order valence-corrected chi connectivity index (χ1v) is 7.18. The van der Waals surface area contributed by atoms with Crippen molar-refractivity contribution in [3.8, 4) is 5.75 Å². The van der Waals surface area contributed by atoms with Crippen LogP contribution in [0.4, 0.5) is 0 Å². The van der Waals surface area contributed by atoms with Gasteiger partial charge >= 0.3 is 0 Å². The molecule has 0 saturated heterocycles. The van der Waals surface area contributed by atoms with E-state index in [4.69, 9.17) is 4.74 Å². The molecule has 0 bridgehead atoms. The van der Waals surface area contributed by atoms with Crippen molar-refractivity contribution in [3.63, 3.8) is 0 Å². The highest BCUT2D eigenvalue weighted by molar-refractivity contribution is 5.36. The van der Waals surface area contributed by atoms with Gasteiger partial charge in [-0.1, -0.05) is 19.1 Å². The molecule has 2 nitrogen and oxygen atoms in total. The highest BCUT2D eigenvalue weighted by Gasteiger charge is 2.28. The van der Waals surface area contributed by atoms with Crippen molar-refractivity contribution in [1.82, 2.24) is 5.32 Å². The third kappa shape index (κ3) is 3.26. The van der Waals surface area contributed by atoms with Crippen LogP contribution in [0.2, 0.25) is 0 Å². The SMILES string of the molecule is CCCNC1CCCC1Oc1cc(C)ccc1C. The minimum atomic E-state index is 0.344. The molecule has 18 heavy (non-hydrogen) atoms. The summed E-state index contributed by atoms with van der Waals surface area (Å²) in [5.74, 6) is 1.06. The van der Waals surface area contributed by atoms with E-state index in [0.717, 1.165) is 12.3 Å². The molecule has 0 amide bonds. The smallest absolute Gasteiger partial charge is 0.122 e. The quantitative estimate of drug-likeness (QED) is 0.858. The predicted molar refractivity (Wildman–Crippen MR) is 76.3 cm³/mol. The van der Waals surface area contributed by atoms with E-state index < -0.39 is 0 Å². The van der Waals surface area contributed by atoms with Gasteiger partial charge in [-0.3, -0.25) is 0 Å². The lowest BCUT2D eigenvalue weighted by Crippen LogP contribution is -2.39. The average Bonchev–Trinajstić information content (AvgIpc) is 2.79. The number of aryl methyl sites for hydroxylation is 2. The zero-order chi connectivity index (χ0) is 13.0. The maximum Gasteiger partial charge on any atom is 0.122 e. The summed E-state index contributed by atoms with van der Waals surface area (Å²) < 4.78 is 6.23. The van der Waals surface area contributed by atoms with Crippen LogP contribution in [0.1, 0.15) is 43.7 Å². The highest BCUT2D eigenvalue weighted by atomic mass is 16.5. The Morgan fingerprint density at radius 1 is 1.28 bits per heavy atom. The van der Waals surface area contributed by atoms with Crippen molar-refractivity contribution in [2.45, 2.75) is 58.6 Å². The first kappa shape index (κ1) is 13.4. The van der Waals surface area contributed by atoms with E-state index in [2.05, 4.69) is 44.3 Å². The molecule has 1 N–H and O–H groups in total. The Bertz CT molecular complexity index is 389. The van der Waals surface area contributed by atoms with Gasteiger partial charge in [0.15, 0.2) is 0 Å². The summed E-state index contributed by atoms with van der Waals surface area (Å²) >= 11 is 0. The summed E-state index contributed by atoms with van der Waals surface area (Å²) in [6.45, 7) is 7.55. The third-order valence-electron chi connectivity index (χ3n) is 3.73. The first-order chi connectivity index (χ1) is 8.70. The van der Waals surface area contributed by atoms with Gasteiger partial charge in [0.1, 0.15) is 11.9 Å². The second-order valence-electron chi connectivity index (χ2n) is 5.42. The molecule has 0 radical (unpaired) electrons. The Morgan fingerprint density at radius 2 is 2.11 bits per heavy atom. The zero-order valence-electron chi connectivity index (χ0n) is 11.8. The number of hydrogen-bond acceptors (Lipinski definition) is 2. The number of rotatable bonds is 5. The Balaban J connectivity index is 2.01. The summed E-state index contributed by atoms with van der Waals surface area (Å²) in [5, 5.41) is 3.61. The Hall–Kier alpha value is -1.02. The van der Waals surface area contributed by atoms with Gasteiger partial charge in [0.05, 0.1) is 0 Å². The van der Waals surface area contributed by atoms with Crippen LogP contribution in [0, 0.1) is 13.8 Å². The van der Waals surface area contributed by atoms with Crippen molar-refractivity contribution in [2.75, 3.05) is 6.54 Å². The molecule has 0 aromatic heterocycles. The normalized spacial score (nSPS) is 23.3. The molecule has 1 aliphatic rings. The van der Waals surface area contributed by atoms with E-state index in [0.29, 0.717) is 12.1 Å². The van der Waals surface area contributed by atoms with E-state index in [1.54, 1.807) is 0 Å². The van der Waals surface area contributed by atoms with Crippen LogP contribution in [0.5, 0.6) is 5.75 Å². The van der Waals surface area contributed by atoms with Gasteiger partial charge in [-0.25, -0.2) is 0 Å². The molecule has 0 aliphatic heterocycles. The van der Waals surface area contributed by atoms with Crippen LogP contribution >= 0.6 is 0 Å². The van der Waals surface area contributed by atoms with E-state index >= 15 is 0 Å². The molecule has 2 rings (SSSR count). The second kappa shape index (κ2) is 6.24. The van der Waals surface area contributed by atoms with E-state index in [1.165, 1.54) is 36.8 Å². The molecule has 1 aromatic rings. The van der Waals surface area contributed by atoms with Gasteiger partial charge < -0.3 is 10.1 Å². The average molecular weight is 247 g/mol. The Kier molecular flexibility index (Phi) is 4.65. The topological polar surface area (TPSA) is 21.3 Å². The molecule has 1 fully saturated rings. The largest absolute Gasteiger partial charge is 0.489 e. The lowest BCUT2D eigenvalue weighted by atomic mass is 10.1. The zero-order valence-corrected chi connectivity index (χ0v) is 11.8. The molecule has 0 heterocycles. The number of benzene rings is 1. The maximum absolute atomic E-state index is 6.23. The van der Waals surface area contributed by atoms with Crippen LogP contribution in [0.3, 0.4) is 0 Å². The number of nitrogens with one attached hydrogen (secondary N) is 1. The molecular formula is C16H25NO. The third-order valence-corrected chi connectivity index (χ3v) is 3.73. The fraction of sp³-hybridized carbons (Fsp3) is 0.625. The molecule has 1 aromatic carbocycles. The summed E-state index contributed by atoms with van der Waals surface area (Å²) in [7, 11) is 0. The van der Waals surface area contributed by atoms with Crippen LogP contribution in [0.15, 0.2) is 18.2 Å². The van der Waals surface area contributed by atoms with Crippen LogP contribution in [-0.4, -0.2) is 18.7 Å². The summed E-state index contributed by atoms with van der Waals surface area (Å²) in [4.78, 5) is 0. The lowest BCUT2D eigenvalue weighted by Gasteiger charge is -2.23. The molecule has 2 atom stereocenters. The van der Waals surface area contributed by atoms with Gasteiger partial charge in [-0.15, -0.1) is 0 Å². The van der Waals surface area contributed by atoms with Gasteiger partial charge in [0.2, 0.25) is 0 Å². The Labute approximate surface area is 111 Å².